The number of nitrogens with two attached hydrogens (primary N) is 1. The molecule has 3 N–H and O–H groups in total. The standard InChI is InChI=1S/C10H12ClN3O3/c11-8-4-3-7(17-8)10(15)14-5-1-2-6(14)9(12)13-16/h3-4,6,16H,1-2,5H2,(H2,12,13). The topological polar surface area (TPSA) is 92.1 Å². The predicted molar refractivity (Wildman–Crippen MR) is 61.2 cm³/mol. The van der Waals surface area contributed by atoms with Crippen molar-refractivity contribution < 1.29 is 14.4 Å². The lowest BCUT2D eigenvalue weighted by atomic mass is 10.2. The maximum Gasteiger partial charge on any atom is 0.290 e. The molecule has 7 heteroatoms. The number of likely N-dealkylation sites (tertiary alicyclic amines) is 1. The second-order valence-electron chi connectivity index (χ2n) is 3.79. The highest BCUT2D eigenvalue weighted by atomic mass is 35.5. The summed E-state index contributed by atoms with van der Waals surface area (Å²) in [4.78, 5) is 13.6. The molecule has 0 aromatic carbocycles. The van der Waals surface area contributed by atoms with Crippen molar-refractivity contribution in [3.8, 4) is 0 Å². The largest absolute Gasteiger partial charge is 0.440 e. The molecule has 1 fully saturated rings. The Kier molecular flexibility index (Phi) is 3.23. The maximum atomic E-state index is 12.1. The number of oxime groups is 1. The average Bonchev–Trinajstić information content (AvgIpc) is 2.95. The van der Waals surface area contributed by atoms with Crippen molar-refractivity contribution in [2.75, 3.05) is 6.54 Å². The molecule has 1 saturated heterocycles. The summed E-state index contributed by atoms with van der Waals surface area (Å²) in [6.45, 7) is 0.554. The first kappa shape index (κ1) is 11.8. The molecule has 2 rings (SSSR count). The maximum absolute atomic E-state index is 12.1. The van der Waals surface area contributed by atoms with Crippen molar-refractivity contribution in [1.82, 2.24) is 4.90 Å². The lowest BCUT2D eigenvalue weighted by Gasteiger charge is -2.22. The van der Waals surface area contributed by atoms with Crippen molar-refractivity contribution in [2.24, 2.45) is 10.9 Å². The van der Waals surface area contributed by atoms with E-state index in [-0.39, 0.29) is 28.8 Å². The Hall–Kier alpha value is -1.69. The Balaban J connectivity index is 2.19. The van der Waals surface area contributed by atoms with Crippen molar-refractivity contribution >= 4 is 23.3 Å². The summed E-state index contributed by atoms with van der Waals surface area (Å²) in [6.07, 6.45) is 1.48. The normalized spacial score (nSPS) is 20.9. The third kappa shape index (κ3) is 2.21. The number of nitrogens with zero attached hydrogens (tertiary/aromatic N) is 2. The van der Waals surface area contributed by atoms with Gasteiger partial charge in [0.05, 0.1) is 6.04 Å². The van der Waals surface area contributed by atoms with Gasteiger partial charge in [-0.05, 0) is 36.6 Å². The molecule has 6 nitrogen and oxygen atoms in total. The Labute approximate surface area is 103 Å². The van der Waals surface area contributed by atoms with Gasteiger partial charge in [0.15, 0.2) is 16.8 Å². The van der Waals surface area contributed by atoms with Crippen LogP contribution in [0.5, 0.6) is 0 Å². The summed E-state index contributed by atoms with van der Waals surface area (Å²) < 4.78 is 5.05. The number of hydrogen-bond donors (Lipinski definition) is 2. The minimum Gasteiger partial charge on any atom is -0.440 e. The average molecular weight is 258 g/mol. The highest BCUT2D eigenvalue weighted by molar-refractivity contribution is 6.29. The first-order valence-corrected chi connectivity index (χ1v) is 5.55. The van der Waals surface area contributed by atoms with Gasteiger partial charge in [-0.25, -0.2) is 0 Å². The predicted octanol–water partition coefficient (Wildman–Crippen LogP) is 1.28. The molecule has 2 heterocycles. The number of carbonyl (C=O) groups is 1. The van der Waals surface area contributed by atoms with Crippen LogP contribution in [0.4, 0.5) is 0 Å². The number of rotatable bonds is 2. The molecule has 0 aliphatic carbocycles. The number of amidine groups is 1. The molecule has 0 spiro atoms. The van der Waals surface area contributed by atoms with E-state index in [1.165, 1.54) is 17.0 Å². The lowest BCUT2D eigenvalue weighted by molar-refractivity contribution is 0.0736. The first-order valence-electron chi connectivity index (χ1n) is 5.17. The van der Waals surface area contributed by atoms with Crippen LogP contribution in [0.3, 0.4) is 0 Å². The van der Waals surface area contributed by atoms with Gasteiger partial charge in [0, 0.05) is 6.54 Å². The number of carbonyl (C=O) groups excluding carboxylic acids is 1. The molecule has 1 amide bonds. The molecule has 1 atom stereocenters. The van der Waals surface area contributed by atoms with Crippen molar-refractivity contribution in [3.05, 3.63) is 23.1 Å². The molecule has 0 saturated carbocycles. The van der Waals surface area contributed by atoms with Crippen LogP contribution < -0.4 is 5.73 Å². The molecule has 0 radical (unpaired) electrons. The second-order valence-corrected chi connectivity index (χ2v) is 4.16. The zero-order chi connectivity index (χ0) is 12.4. The third-order valence-electron chi connectivity index (χ3n) is 2.75. The smallest absolute Gasteiger partial charge is 0.290 e. The van der Waals surface area contributed by atoms with Crippen molar-refractivity contribution in [2.45, 2.75) is 18.9 Å². The molecule has 1 aliphatic rings. The zero-order valence-corrected chi connectivity index (χ0v) is 9.72. The molecule has 1 aliphatic heterocycles. The van der Waals surface area contributed by atoms with E-state index in [0.29, 0.717) is 13.0 Å². The van der Waals surface area contributed by atoms with Crippen LogP contribution in [-0.2, 0) is 0 Å². The summed E-state index contributed by atoms with van der Waals surface area (Å²) >= 11 is 5.61. The van der Waals surface area contributed by atoms with Gasteiger partial charge in [-0.1, -0.05) is 5.16 Å². The lowest BCUT2D eigenvalue weighted by Crippen LogP contribution is -2.43. The number of amides is 1. The van der Waals surface area contributed by atoms with Gasteiger partial charge in [0.2, 0.25) is 0 Å². The highest BCUT2D eigenvalue weighted by Crippen LogP contribution is 2.22. The van der Waals surface area contributed by atoms with Crippen molar-refractivity contribution in [3.63, 3.8) is 0 Å². The molecule has 1 aromatic heterocycles. The van der Waals surface area contributed by atoms with E-state index in [4.69, 9.17) is 27.0 Å². The number of halogens is 1. The fourth-order valence-electron chi connectivity index (χ4n) is 1.95. The fraction of sp³-hybridized carbons (Fsp3) is 0.400. The van der Waals surface area contributed by atoms with Gasteiger partial charge < -0.3 is 20.3 Å². The Morgan fingerprint density at radius 1 is 1.65 bits per heavy atom. The van der Waals surface area contributed by atoms with E-state index in [9.17, 15) is 4.79 Å². The molecule has 17 heavy (non-hydrogen) atoms. The third-order valence-corrected chi connectivity index (χ3v) is 2.96. The van der Waals surface area contributed by atoms with Gasteiger partial charge in [-0.2, -0.15) is 0 Å². The van der Waals surface area contributed by atoms with Gasteiger partial charge >= 0.3 is 0 Å². The van der Waals surface area contributed by atoms with Crippen LogP contribution in [0.2, 0.25) is 5.22 Å². The summed E-state index contributed by atoms with van der Waals surface area (Å²) in [5.74, 6) is -0.104. The Morgan fingerprint density at radius 2 is 2.41 bits per heavy atom. The number of hydrogen-bond acceptors (Lipinski definition) is 4. The fourth-order valence-corrected chi connectivity index (χ4v) is 2.10. The molecular formula is C10H12ClN3O3. The summed E-state index contributed by atoms with van der Waals surface area (Å²) in [5.41, 5.74) is 5.54. The quantitative estimate of drug-likeness (QED) is 0.361. The summed E-state index contributed by atoms with van der Waals surface area (Å²) in [5, 5.41) is 11.8. The van der Waals surface area contributed by atoms with Crippen LogP contribution in [0.1, 0.15) is 23.4 Å². The van der Waals surface area contributed by atoms with Crippen molar-refractivity contribution in [1.29, 1.82) is 0 Å². The highest BCUT2D eigenvalue weighted by Gasteiger charge is 2.33. The monoisotopic (exact) mass is 257 g/mol. The van der Waals surface area contributed by atoms with Gasteiger partial charge in [0.25, 0.3) is 5.91 Å². The summed E-state index contributed by atoms with van der Waals surface area (Å²) in [6, 6.07) is 2.63. The van der Waals surface area contributed by atoms with E-state index in [1.54, 1.807) is 0 Å². The van der Waals surface area contributed by atoms with Crippen LogP contribution in [0, 0.1) is 0 Å². The van der Waals surface area contributed by atoms with E-state index in [2.05, 4.69) is 5.16 Å². The van der Waals surface area contributed by atoms with Crippen LogP contribution in [0.15, 0.2) is 21.7 Å². The SMILES string of the molecule is N/C(=N/O)C1CCCN1C(=O)c1ccc(Cl)o1. The molecule has 0 bridgehead atoms. The molecule has 1 unspecified atom stereocenters. The van der Waals surface area contributed by atoms with E-state index >= 15 is 0 Å². The van der Waals surface area contributed by atoms with E-state index in [0.717, 1.165) is 6.42 Å². The second kappa shape index (κ2) is 4.67. The number of furan rings is 1. The first-order chi connectivity index (χ1) is 8.13. The van der Waals surface area contributed by atoms with Crippen LogP contribution in [0.25, 0.3) is 0 Å². The van der Waals surface area contributed by atoms with Gasteiger partial charge in [0.1, 0.15) is 0 Å². The zero-order valence-electron chi connectivity index (χ0n) is 8.97. The summed E-state index contributed by atoms with van der Waals surface area (Å²) in [7, 11) is 0. The van der Waals surface area contributed by atoms with Crippen LogP contribution >= 0.6 is 11.6 Å². The minimum absolute atomic E-state index is 0.0357. The van der Waals surface area contributed by atoms with E-state index < -0.39 is 0 Å². The van der Waals surface area contributed by atoms with E-state index in [1.807, 2.05) is 0 Å². The Bertz CT molecular complexity index is 457. The Morgan fingerprint density at radius 3 is 3.00 bits per heavy atom. The minimum atomic E-state index is -0.378. The molecule has 92 valence electrons. The van der Waals surface area contributed by atoms with Gasteiger partial charge in [-0.3, -0.25) is 4.79 Å². The molecule has 1 aromatic rings. The van der Waals surface area contributed by atoms with Gasteiger partial charge in [-0.15, -0.1) is 0 Å². The van der Waals surface area contributed by atoms with Crippen LogP contribution in [-0.4, -0.2) is 34.4 Å². The molecular weight excluding hydrogens is 246 g/mol.